The molecule has 0 aliphatic heterocycles. The monoisotopic (exact) mass is 173 g/mol. The standard InChI is InChI=1S/C9H23NSi/c1-6-9-11(7-2,8-3)10(4)5/h6-9H2,1-5H3. The van der Waals surface area contributed by atoms with E-state index >= 15 is 0 Å². The lowest BCUT2D eigenvalue weighted by Gasteiger charge is -2.36. The molecule has 0 atom stereocenters. The maximum atomic E-state index is 2.52. The Hall–Kier alpha value is 0.177. The molecule has 2 heteroatoms. The third-order valence-corrected chi connectivity index (χ3v) is 8.94. The van der Waals surface area contributed by atoms with Gasteiger partial charge in [0.2, 0.25) is 0 Å². The molecule has 0 rings (SSSR count). The highest BCUT2D eigenvalue weighted by Crippen LogP contribution is 2.23. The Balaban J connectivity index is 4.20. The minimum Gasteiger partial charge on any atom is -0.329 e. The second-order valence-corrected chi connectivity index (χ2v) is 8.83. The van der Waals surface area contributed by atoms with Crippen molar-refractivity contribution in [3.63, 3.8) is 0 Å². The van der Waals surface area contributed by atoms with Crippen LogP contribution in [-0.4, -0.2) is 26.9 Å². The predicted molar refractivity (Wildman–Crippen MR) is 55.5 cm³/mol. The Kier molecular flexibility index (Phi) is 5.02. The molecule has 0 aliphatic rings. The topological polar surface area (TPSA) is 3.24 Å². The van der Waals surface area contributed by atoms with E-state index in [4.69, 9.17) is 0 Å². The highest BCUT2D eigenvalue weighted by molar-refractivity contribution is 6.76. The summed E-state index contributed by atoms with van der Waals surface area (Å²) in [5, 5.41) is 0. The summed E-state index contributed by atoms with van der Waals surface area (Å²) < 4.78 is 2.52. The predicted octanol–water partition coefficient (Wildman–Crippen LogP) is 2.94. The van der Waals surface area contributed by atoms with Gasteiger partial charge in [0.15, 0.2) is 0 Å². The average molecular weight is 173 g/mol. The lowest BCUT2D eigenvalue weighted by molar-refractivity contribution is 0.596. The van der Waals surface area contributed by atoms with Crippen molar-refractivity contribution in [3.8, 4) is 0 Å². The normalized spacial score (nSPS) is 12.5. The first-order chi connectivity index (χ1) is 5.13. The Bertz CT molecular complexity index is 97.7. The zero-order chi connectivity index (χ0) is 8.91. The molecule has 0 radical (unpaired) electrons. The summed E-state index contributed by atoms with van der Waals surface area (Å²) in [5.41, 5.74) is 0. The minimum absolute atomic E-state index is 0.987. The molecule has 11 heavy (non-hydrogen) atoms. The first kappa shape index (κ1) is 11.2. The number of hydrogen-bond donors (Lipinski definition) is 0. The van der Waals surface area contributed by atoms with Crippen molar-refractivity contribution in [2.75, 3.05) is 14.1 Å². The van der Waals surface area contributed by atoms with Crippen LogP contribution in [0.4, 0.5) is 0 Å². The lowest BCUT2D eigenvalue weighted by Crippen LogP contribution is -2.47. The number of hydrogen-bond acceptors (Lipinski definition) is 1. The molecular formula is C9H23NSi. The van der Waals surface area contributed by atoms with E-state index < -0.39 is 8.24 Å². The minimum atomic E-state index is -0.987. The smallest absolute Gasteiger partial charge is 0.127 e. The highest BCUT2D eigenvalue weighted by atomic mass is 28.3. The van der Waals surface area contributed by atoms with Crippen molar-refractivity contribution >= 4 is 8.24 Å². The van der Waals surface area contributed by atoms with Gasteiger partial charge in [-0.05, 0) is 32.2 Å². The zero-order valence-corrected chi connectivity index (χ0v) is 9.78. The van der Waals surface area contributed by atoms with Gasteiger partial charge >= 0.3 is 0 Å². The summed E-state index contributed by atoms with van der Waals surface area (Å²) in [6, 6.07) is 4.28. The van der Waals surface area contributed by atoms with E-state index in [1.807, 2.05) is 0 Å². The summed E-state index contributed by atoms with van der Waals surface area (Å²) >= 11 is 0. The molecule has 0 spiro atoms. The van der Waals surface area contributed by atoms with Gasteiger partial charge in [0, 0.05) is 0 Å². The SMILES string of the molecule is CCC[Si](CC)(CC)N(C)C. The van der Waals surface area contributed by atoms with Gasteiger partial charge in [0.05, 0.1) is 0 Å². The Morgan fingerprint density at radius 3 is 1.55 bits per heavy atom. The largest absolute Gasteiger partial charge is 0.329 e. The summed E-state index contributed by atoms with van der Waals surface area (Å²) in [6.45, 7) is 7.01. The Labute approximate surface area is 72.9 Å². The first-order valence-corrected chi connectivity index (χ1v) is 7.37. The molecular weight excluding hydrogens is 150 g/mol. The lowest BCUT2D eigenvalue weighted by atomic mass is 10.6. The molecule has 0 fully saturated rings. The van der Waals surface area contributed by atoms with Crippen LogP contribution in [0.25, 0.3) is 0 Å². The molecule has 0 aromatic carbocycles. The van der Waals surface area contributed by atoms with Crippen molar-refractivity contribution in [3.05, 3.63) is 0 Å². The van der Waals surface area contributed by atoms with Crippen LogP contribution in [0.1, 0.15) is 27.2 Å². The summed E-state index contributed by atoms with van der Waals surface area (Å²) in [5.74, 6) is 0. The number of rotatable bonds is 5. The number of nitrogens with zero attached hydrogens (tertiary/aromatic N) is 1. The Morgan fingerprint density at radius 2 is 1.45 bits per heavy atom. The van der Waals surface area contributed by atoms with Gasteiger partial charge in [-0.25, -0.2) is 0 Å². The van der Waals surface area contributed by atoms with Gasteiger partial charge < -0.3 is 4.57 Å². The molecule has 0 saturated heterocycles. The molecule has 0 N–H and O–H groups in total. The molecule has 0 heterocycles. The van der Waals surface area contributed by atoms with Crippen LogP contribution in [0.3, 0.4) is 0 Å². The van der Waals surface area contributed by atoms with E-state index in [0.29, 0.717) is 0 Å². The van der Waals surface area contributed by atoms with E-state index in [1.165, 1.54) is 24.6 Å². The molecule has 0 unspecified atom stereocenters. The molecule has 0 bridgehead atoms. The van der Waals surface area contributed by atoms with Crippen LogP contribution >= 0.6 is 0 Å². The highest BCUT2D eigenvalue weighted by Gasteiger charge is 2.30. The van der Waals surface area contributed by atoms with Gasteiger partial charge in [-0.1, -0.05) is 27.2 Å². The fourth-order valence-electron chi connectivity index (χ4n) is 1.92. The quantitative estimate of drug-likeness (QED) is 0.578. The van der Waals surface area contributed by atoms with Gasteiger partial charge in [0.25, 0.3) is 0 Å². The van der Waals surface area contributed by atoms with E-state index in [0.717, 1.165) is 0 Å². The molecule has 0 amide bonds. The fourth-order valence-corrected chi connectivity index (χ4v) is 5.77. The van der Waals surface area contributed by atoms with Crippen molar-refractivity contribution in [2.45, 2.75) is 45.3 Å². The van der Waals surface area contributed by atoms with Gasteiger partial charge in [0.1, 0.15) is 8.24 Å². The van der Waals surface area contributed by atoms with Gasteiger partial charge in [-0.2, -0.15) is 0 Å². The molecule has 0 saturated carbocycles. The average Bonchev–Trinajstić information content (AvgIpc) is 2.00. The van der Waals surface area contributed by atoms with Crippen molar-refractivity contribution in [1.29, 1.82) is 0 Å². The maximum absolute atomic E-state index is 2.52. The summed E-state index contributed by atoms with van der Waals surface area (Å²) in [7, 11) is 3.53. The van der Waals surface area contributed by atoms with Crippen molar-refractivity contribution in [2.24, 2.45) is 0 Å². The van der Waals surface area contributed by atoms with Crippen LogP contribution in [0.2, 0.25) is 18.1 Å². The van der Waals surface area contributed by atoms with Gasteiger partial charge in [-0.15, -0.1) is 0 Å². The van der Waals surface area contributed by atoms with Gasteiger partial charge in [-0.3, -0.25) is 0 Å². The molecule has 68 valence electrons. The van der Waals surface area contributed by atoms with E-state index in [9.17, 15) is 0 Å². The third kappa shape index (κ3) is 2.60. The maximum Gasteiger partial charge on any atom is 0.127 e. The molecule has 0 aliphatic carbocycles. The second-order valence-electron chi connectivity index (χ2n) is 3.58. The molecule has 0 aromatic rings. The van der Waals surface area contributed by atoms with Crippen LogP contribution in [0.5, 0.6) is 0 Å². The molecule has 0 aromatic heterocycles. The zero-order valence-electron chi connectivity index (χ0n) is 8.78. The van der Waals surface area contributed by atoms with E-state index in [2.05, 4.69) is 39.4 Å². The second kappa shape index (κ2) is 4.94. The summed E-state index contributed by atoms with van der Waals surface area (Å²) in [6.07, 6.45) is 1.35. The van der Waals surface area contributed by atoms with Crippen LogP contribution in [0, 0.1) is 0 Å². The summed E-state index contributed by atoms with van der Waals surface area (Å²) in [4.78, 5) is 0. The third-order valence-electron chi connectivity index (χ3n) is 2.98. The van der Waals surface area contributed by atoms with Crippen LogP contribution in [0.15, 0.2) is 0 Å². The van der Waals surface area contributed by atoms with Crippen LogP contribution in [-0.2, 0) is 0 Å². The first-order valence-electron chi connectivity index (χ1n) is 4.80. The van der Waals surface area contributed by atoms with Crippen molar-refractivity contribution < 1.29 is 0 Å². The van der Waals surface area contributed by atoms with E-state index in [1.54, 1.807) is 0 Å². The van der Waals surface area contributed by atoms with E-state index in [-0.39, 0.29) is 0 Å². The fraction of sp³-hybridized carbons (Fsp3) is 1.00. The molecule has 1 nitrogen and oxygen atoms in total. The van der Waals surface area contributed by atoms with Crippen molar-refractivity contribution in [1.82, 2.24) is 4.57 Å². The Morgan fingerprint density at radius 1 is 1.00 bits per heavy atom. The van der Waals surface area contributed by atoms with Crippen LogP contribution < -0.4 is 0 Å².